The molecule has 0 aromatic carbocycles. The van der Waals surface area contributed by atoms with Gasteiger partial charge in [0.25, 0.3) is 0 Å². The summed E-state index contributed by atoms with van der Waals surface area (Å²) in [5.74, 6) is 0. The van der Waals surface area contributed by atoms with E-state index in [2.05, 4.69) is 5.14 Å². The van der Waals surface area contributed by atoms with Crippen LogP contribution < -0.4 is 5.14 Å². The van der Waals surface area contributed by atoms with E-state index in [9.17, 15) is 17.2 Å². The first-order chi connectivity index (χ1) is 3.94. The van der Waals surface area contributed by atoms with Gasteiger partial charge in [0.05, 0.1) is 0 Å². The molecule has 0 aromatic heterocycles. The first-order valence-corrected chi connectivity index (χ1v) is 3.85. The van der Waals surface area contributed by atoms with Crippen LogP contribution in [0.5, 0.6) is 0 Å². The van der Waals surface area contributed by atoms with Crippen molar-refractivity contribution in [2.24, 2.45) is 5.14 Å². The molecule has 0 radical (unpaired) electrons. The third kappa shape index (κ3) is 1.04. The smallest absolute Gasteiger partial charge is 0.217 e. The van der Waals surface area contributed by atoms with Crippen LogP contribution in [0.1, 0.15) is 0 Å². The highest BCUT2D eigenvalue weighted by atomic mass is 32.2. The standard InChI is InChI=1S/C3H5F2NO2S/c4-1-2(5)3(1)9(6,7)8/h1-3H,(H2,6,7,8). The zero-order chi connectivity index (χ0) is 7.23. The molecule has 6 heteroatoms. The second-order valence-electron chi connectivity index (χ2n) is 1.94. The van der Waals surface area contributed by atoms with Crippen molar-refractivity contribution in [1.29, 1.82) is 0 Å². The molecule has 3 nitrogen and oxygen atoms in total. The van der Waals surface area contributed by atoms with Gasteiger partial charge < -0.3 is 0 Å². The summed E-state index contributed by atoms with van der Waals surface area (Å²) in [7, 11) is -3.98. The Morgan fingerprint density at radius 3 is 1.56 bits per heavy atom. The van der Waals surface area contributed by atoms with Gasteiger partial charge in [-0.2, -0.15) is 0 Å². The predicted molar refractivity (Wildman–Crippen MR) is 26.7 cm³/mol. The van der Waals surface area contributed by atoms with Crippen molar-refractivity contribution in [3.8, 4) is 0 Å². The zero-order valence-electron chi connectivity index (χ0n) is 4.29. The van der Waals surface area contributed by atoms with Gasteiger partial charge in [-0.1, -0.05) is 0 Å². The van der Waals surface area contributed by atoms with E-state index in [1.54, 1.807) is 0 Å². The summed E-state index contributed by atoms with van der Waals surface area (Å²) in [6.07, 6.45) is -3.81. The second kappa shape index (κ2) is 1.63. The number of hydrogen-bond acceptors (Lipinski definition) is 2. The van der Waals surface area contributed by atoms with Crippen LogP contribution in [-0.4, -0.2) is 26.0 Å². The predicted octanol–water partition coefficient (Wildman–Crippen LogP) is -0.667. The Balaban J connectivity index is 2.72. The maximum Gasteiger partial charge on any atom is 0.217 e. The van der Waals surface area contributed by atoms with Gasteiger partial charge in [0.15, 0.2) is 12.3 Å². The molecule has 2 unspecified atom stereocenters. The van der Waals surface area contributed by atoms with E-state index in [1.165, 1.54) is 0 Å². The summed E-state index contributed by atoms with van der Waals surface area (Å²) < 4.78 is 43.9. The molecular weight excluding hydrogens is 152 g/mol. The van der Waals surface area contributed by atoms with Crippen LogP contribution in [0.15, 0.2) is 0 Å². The van der Waals surface area contributed by atoms with Gasteiger partial charge in [0, 0.05) is 0 Å². The van der Waals surface area contributed by atoms with Gasteiger partial charge in [-0.3, -0.25) is 0 Å². The fourth-order valence-electron chi connectivity index (χ4n) is 0.579. The zero-order valence-corrected chi connectivity index (χ0v) is 5.11. The maximum absolute atomic E-state index is 11.8. The fourth-order valence-corrected chi connectivity index (χ4v) is 1.51. The minimum absolute atomic E-state index is 1.60. The molecule has 9 heavy (non-hydrogen) atoms. The van der Waals surface area contributed by atoms with Crippen molar-refractivity contribution in [3.05, 3.63) is 0 Å². The molecule has 2 atom stereocenters. The number of nitrogens with two attached hydrogens (primary N) is 1. The summed E-state index contributed by atoms with van der Waals surface area (Å²) in [6.45, 7) is 0. The lowest BCUT2D eigenvalue weighted by Crippen LogP contribution is -2.20. The molecule has 0 bridgehead atoms. The van der Waals surface area contributed by atoms with Crippen molar-refractivity contribution in [2.75, 3.05) is 0 Å². The van der Waals surface area contributed by atoms with E-state index in [1.807, 2.05) is 0 Å². The van der Waals surface area contributed by atoms with Crippen LogP contribution in [0.25, 0.3) is 0 Å². The third-order valence-electron chi connectivity index (χ3n) is 1.17. The van der Waals surface area contributed by atoms with E-state index in [0.717, 1.165) is 0 Å². The second-order valence-corrected chi connectivity index (χ2v) is 3.66. The van der Waals surface area contributed by atoms with Crippen LogP contribution in [0.4, 0.5) is 8.78 Å². The molecule has 54 valence electrons. The Hall–Kier alpha value is -0.230. The summed E-state index contributed by atoms with van der Waals surface area (Å²) in [6, 6.07) is 0. The lowest BCUT2D eigenvalue weighted by molar-refractivity contribution is 0.372. The minimum atomic E-state index is -3.98. The summed E-state index contributed by atoms with van der Waals surface area (Å²) in [4.78, 5) is 0. The molecule has 2 N–H and O–H groups in total. The Bertz CT molecular complexity index is 206. The molecule has 0 aromatic rings. The van der Waals surface area contributed by atoms with Crippen LogP contribution in [0.3, 0.4) is 0 Å². The largest absolute Gasteiger partial charge is 0.243 e. The highest BCUT2D eigenvalue weighted by Gasteiger charge is 2.59. The lowest BCUT2D eigenvalue weighted by atomic mass is 10.9. The molecule has 0 saturated heterocycles. The van der Waals surface area contributed by atoms with Crippen molar-refractivity contribution in [2.45, 2.75) is 17.6 Å². The summed E-state index contributed by atoms with van der Waals surface area (Å²) >= 11 is 0. The quantitative estimate of drug-likeness (QED) is 0.549. The summed E-state index contributed by atoms with van der Waals surface area (Å²) in [5.41, 5.74) is 0. The van der Waals surface area contributed by atoms with Gasteiger partial charge in [-0.05, 0) is 0 Å². The molecule has 0 amide bonds. The van der Waals surface area contributed by atoms with Crippen molar-refractivity contribution in [3.63, 3.8) is 0 Å². The van der Waals surface area contributed by atoms with E-state index in [-0.39, 0.29) is 0 Å². The first-order valence-electron chi connectivity index (χ1n) is 2.24. The Morgan fingerprint density at radius 2 is 1.56 bits per heavy atom. The Morgan fingerprint density at radius 1 is 1.22 bits per heavy atom. The monoisotopic (exact) mass is 157 g/mol. The topological polar surface area (TPSA) is 60.2 Å². The Kier molecular flexibility index (Phi) is 1.25. The number of primary sulfonamides is 1. The number of sulfonamides is 1. The van der Waals surface area contributed by atoms with Crippen molar-refractivity contribution >= 4 is 10.0 Å². The Labute approximate surface area is 50.9 Å². The first kappa shape index (κ1) is 6.88. The van der Waals surface area contributed by atoms with E-state index in [4.69, 9.17) is 0 Å². The molecule has 0 spiro atoms. The van der Waals surface area contributed by atoms with E-state index in [0.29, 0.717) is 0 Å². The molecule has 1 aliphatic rings. The normalized spacial score (nSPS) is 42.8. The van der Waals surface area contributed by atoms with Crippen molar-refractivity contribution < 1.29 is 17.2 Å². The molecule has 1 rings (SSSR count). The molecule has 0 aliphatic heterocycles. The molecule has 1 fully saturated rings. The lowest BCUT2D eigenvalue weighted by Gasteiger charge is -1.86. The number of alkyl halides is 2. The maximum atomic E-state index is 11.8. The number of halogens is 2. The van der Waals surface area contributed by atoms with Crippen molar-refractivity contribution in [1.82, 2.24) is 0 Å². The van der Waals surface area contributed by atoms with E-state index < -0.39 is 27.6 Å². The van der Waals surface area contributed by atoms with Gasteiger partial charge in [-0.25, -0.2) is 22.3 Å². The number of rotatable bonds is 1. The van der Waals surface area contributed by atoms with Crippen LogP contribution in [-0.2, 0) is 10.0 Å². The van der Waals surface area contributed by atoms with Crippen LogP contribution in [0.2, 0.25) is 0 Å². The van der Waals surface area contributed by atoms with E-state index >= 15 is 0 Å². The molecule has 1 aliphatic carbocycles. The van der Waals surface area contributed by atoms with Crippen LogP contribution in [0, 0.1) is 0 Å². The molecule has 1 saturated carbocycles. The SMILES string of the molecule is NS(=O)(=O)C1C(F)C1F. The van der Waals surface area contributed by atoms with Crippen LogP contribution >= 0.6 is 0 Å². The molecular formula is C3H5F2NO2S. The van der Waals surface area contributed by atoms with Gasteiger partial charge in [0.1, 0.15) is 5.25 Å². The molecule has 0 heterocycles. The highest BCUT2D eigenvalue weighted by molar-refractivity contribution is 7.90. The summed E-state index contributed by atoms with van der Waals surface area (Å²) in [5, 5.41) is 2.81. The van der Waals surface area contributed by atoms with Gasteiger partial charge in [-0.15, -0.1) is 0 Å². The average molecular weight is 157 g/mol. The highest BCUT2D eigenvalue weighted by Crippen LogP contribution is 2.34. The third-order valence-corrected chi connectivity index (χ3v) is 2.45. The van der Waals surface area contributed by atoms with Gasteiger partial charge in [0.2, 0.25) is 10.0 Å². The van der Waals surface area contributed by atoms with Gasteiger partial charge >= 0.3 is 0 Å². The minimum Gasteiger partial charge on any atom is -0.243 e. The number of hydrogen-bond donors (Lipinski definition) is 1. The fraction of sp³-hybridized carbons (Fsp3) is 1.00. The average Bonchev–Trinajstić information content (AvgIpc) is 2.11.